The topological polar surface area (TPSA) is 83.2 Å². The number of rotatable bonds is 7. The summed E-state index contributed by atoms with van der Waals surface area (Å²) >= 11 is 0. The minimum atomic E-state index is 0.381. The van der Waals surface area contributed by atoms with Crippen LogP contribution in [0.5, 0.6) is 0 Å². The molecule has 0 amide bonds. The van der Waals surface area contributed by atoms with Gasteiger partial charge in [-0.3, -0.25) is 5.43 Å². The molecule has 0 aromatic carbocycles. The lowest BCUT2D eigenvalue weighted by Gasteiger charge is -2.19. The standard InChI is InChI=1S/C11H23N7/c1-5-6-7-8-18(4)11-14-9(16-12)13-10(15-11)17(2)3/h5-8,12H2,1-4H3,(H,13,14,15,16). The number of hydrazine groups is 1. The van der Waals surface area contributed by atoms with Gasteiger partial charge in [-0.1, -0.05) is 19.8 Å². The second-order valence-electron chi connectivity index (χ2n) is 4.43. The van der Waals surface area contributed by atoms with Crippen LogP contribution in [0, 0.1) is 0 Å². The third kappa shape index (κ3) is 3.99. The molecule has 0 aliphatic carbocycles. The highest BCUT2D eigenvalue weighted by atomic mass is 15.4. The van der Waals surface area contributed by atoms with Crippen molar-refractivity contribution in [1.82, 2.24) is 15.0 Å². The molecule has 0 saturated carbocycles. The Morgan fingerprint density at radius 3 is 2.28 bits per heavy atom. The van der Waals surface area contributed by atoms with Gasteiger partial charge in [-0.05, 0) is 6.42 Å². The normalized spacial score (nSPS) is 10.3. The van der Waals surface area contributed by atoms with Gasteiger partial charge in [-0.15, -0.1) is 0 Å². The zero-order valence-corrected chi connectivity index (χ0v) is 11.6. The van der Waals surface area contributed by atoms with E-state index < -0.39 is 0 Å². The van der Waals surface area contributed by atoms with Crippen molar-refractivity contribution in [3.63, 3.8) is 0 Å². The molecule has 0 radical (unpaired) electrons. The van der Waals surface area contributed by atoms with Crippen LogP contribution < -0.4 is 21.1 Å². The largest absolute Gasteiger partial charge is 0.347 e. The molecule has 3 N–H and O–H groups in total. The molecule has 0 aliphatic rings. The molecule has 0 unspecified atom stereocenters. The van der Waals surface area contributed by atoms with Crippen LogP contribution in [-0.4, -0.2) is 42.6 Å². The van der Waals surface area contributed by atoms with E-state index >= 15 is 0 Å². The zero-order valence-electron chi connectivity index (χ0n) is 11.6. The van der Waals surface area contributed by atoms with E-state index in [0.717, 1.165) is 13.0 Å². The van der Waals surface area contributed by atoms with Gasteiger partial charge in [0.05, 0.1) is 0 Å². The van der Waals surface area contributed by atoms with E-state index in [1.54, 1.807) is 0 Å². The van der Waals surface area contributed by atoms with Gasteiger partial charge in [0.25, 0.3) is 0 Å². The minimum Gasteiger partial charge on any atom is -0.347 e. The van der Waals surface area contributed by atoms with Gasteiger partial charge in [0.15, 0.2) is 0 Å². The molecule has 7 heteroatoms. The molecule has 1 aromatic rings. The molecule has 0 atom stereocenters. The Kier molecular flexibility index (Phi) is 5.57. The third-order valence-corrected chi connectivity index (χ3v) is 2.58. The monoisotopic (exact) mass is 253 g/mol. The summed E-state index contributed by atoms with van der Waals surface area (Å²) in [4.78, 5) is 16.7. The second kappa shape index (κ2) is 6.95. The summed E-state index contributed by atoms with van der Waals surface area (Å²) in [5.74, 6) is 6.98. The summed E-state index contributed by atoms with van der Waals surface area (Å²) < 4.78 is 0. The van der Waals surface area contributed by atoms with Gasteiger partial charge in [0, 0.05) is 27.7 Å². The molecule has 7 nitrogen and oxygen atoms in total. The first-order valence-electron chi connectivity index (χ1n) is 6.19. The Labute approximate surface area is 108 Å². The SMILES string of the molecule is CCCCCN(C)c1nc(NN)nc(N(C)C)n1. The van der Waals surface area contributed by atoms with Gasteiger partial charge in [0.2, 0.25) is 17.8 Å². The maximum Gasteiger partial charge on any atom is 0.243 e. The molecule has 0 fully saturated rings. The Morgan fingerprint density at radius 1 is 1.06 bits per heavy atom. The Hall–Kier alpha value is -1.63. The minimum absolute atomic E-state index is 0.381. The van der Waals surface area contributed by atoms with Crippen LogP contribution in [0.1, 0.15) is 26.2 Å². The summed E-state index contributed by atoms with van der Waals surface area (Å²) in [5.41, 5.74) is 2.47. The van der Waals surface area contributed by atoms with Crippen molar-refractivity contribution in [3.8, 4) is 0 Å². The molecule has 18 heavy (non-hydrogen) atoms. The summed E-state index contributed by atoms with van der Waals surface area (Å²) in [6.07, 6.45) is 3.53. The highest BCUT2D eigenvalue weighted by Crippen LogP contribution is 2.14. The van der Waals surface area contributed by atoms with Crippen LogP contribution in [0.3, 0.4) is 0 Å². The van der Waals surface area contributed by atoms with E-state index in [1.165, 1.54) is 12.8 Å². The lowest BCUT2D eigenvalue weighted by molar-refractivity contribution is 0.694. The number of anilines is 3. The van der Waals surface area contributed by atoms with Gasteiger partial charge in [0.1, 0.15) is 0 Å². The molecule has 1 aromatic heterocycles. The van der Waals surface area contributed by atoms with Crippen molar-refractivity contribution in [2.45, 2.75) is 26.2 Å². The molecule has 0 spiro atoms. The molecule has 0 bridgehead atoms. The van der Waals surface area contributed by atoms with Crippen LogP contribution in [0.25, 0.3) is 0 Å². The van der Waals surface area contributed by atoms with Crippen molar-refractivity contribution >= 4 is 17.8 Å². The van der Waals surface area contributed by atoms with Crippen molar-refractivity contribution < 1.29 is 0 Å². The third-order valence-electron chi connectivity index (χ3n) is 2.58. The Morgan fingerprint density at radius 2 is 1.72 bits per heavy atom. The van der Waals surface area contributed by atoms with Gasteiger partial charge in [-0.2, -0.15) is 15.0 Å². The number of nitrogen functional groups attached to an aromatic ring is 1. The number of aromatic nitrogens is 3. The number of nitrogens with zero attached hydrogens (tertiary/aromatic N) is 5. The van der Waals surface area contributed by atoms with Crippen LogP contribution in [-0.2, 0) is 0 Å². The van der Waals surface area contributed by atoms with Crippen LogP contribution in [0.4, 0.5) is 17.8 Å². The zero-order chi connectivity index (χ0) is 13.5. The highest BCUT2D eigenvalue weighted by Gasteiger charge is 2.10. The molecule has 1 rings (SSSR count). The van der Waals surface area contributed by atoms with Crippen molar-refractivity contribution in [2.75, 3.05) is 42.9 Å². The predicted octanol–water partition coefficient (Wildman–Crippen LogP) is 0.850. The van der Waals surface area contributed by atoms with E-state index in [0.29, 0.717) is 17.8 Å². The second-order valence-corrected chi connectivity index (χ2v) is 4.43. The van der Waals surface area contributed by atoms with E-state index in [1.807, 2.05) is 30.9 Å². The first-order chi connectivity index (χ1) is 8.58. The predicted molar refractivity (Wildman–Crippen MR) is 74.8 cm³/mol. The number of nitrogens with one attached hydrogen (secondary N) is 1. The fourth-order valence-corrected chi connectivity index (χ4v) is 1.49. The molecule has 1 heterocycles. The Balaban J connectivity index is 2.82. The maximum atomic E-state index is 5.37. The first-order valence-corrected chi connectivity index (χ1v) is 6.19. The van der Waals surface area contributed by atoms with Crippen LogP contribution in [0.2, 0.25) is 0 Å². The lowest BCUT2D eigenvalue weighted by atomic mass is 10.2. The number of hydrogen-bond acceptors (Lipinski definition) is 7. The number of nitrogens with two attached hydrogens (primary N) is 1. The lowest BCUT2D eigenvalue weighted by Crippen LogP contribution is -2.25. The summed E-state index contributed by atoms with van der Waals surface area (Å²) in [5, 5.41) is 0. The van der Waals surface area contributed by atoms with E-state index in [2.05, 4.69) is 27.3 Å². The first kappa shape index (κ1) is 14.4. The fourth-order valence-electron chi connectivity index (χ4n) is 1.49. The van der Waals surface area contributed by atoms with Gasteiger partial charge in [-0.25, -0.2) is 5.84 Å². The van der Waals surface area contributed by atoms with Crippen LogP contribution >= 0.6 is 0 Å². The summed E-state index contributed by atoms with van der Waals surface area (Å²) in [6, 6.07) is 0. The number of unbranched alkanes of at least 4 members (excludes halogenated alkanes) is 2. The van der Waals surface area contributed by atoms with Crippen molar-refractivity contribution in [3.05, 3.63) is 0 Å². The summed E-state index contributed by atoms with van der Waals surface area (Å²) in [7, 11) is 5.75. The molecule has 0 aliphatic heterocycles. The van der Waals surface area contributed by atoms with E-state index in [4.69, 9.17) is 5.84 Å². The van der Waals surface area contributed by atoms with Crippen molar-refractivity contribution in [1.29, 1.82) is 0 Å². The molecule has 102 valence electrons. The molecular weight excluding hydrogens is 230 g/mol. The van der Waals surface area contributed by atoms with E-state index in [-0.39, 0.29) is 0 Å². The van der Waals surface area contributed by atoms with Crippen molar-refractivity contribution in [2.24, 2.45) is 5.84 Å². The van der Waals surface area contributed by atoms with Crippen LogP contribution in [0.15, 0.2) is 0 Å². The quantitative estimate of drug-likeness (QED) is 0.423. The van der Waals surface area contributed by atoms with Gasteiger partial charge < -0.3 is 9.80 Å². The average Bonchev–Trinajstić information content (AvgIpc) is 2.38. The molecule has 0 saturated heterocycles. The fraction of sp³-hybridized carbons (Fsp3) is 0.727. The summed E-state index contributed by atoms with van der Waals surface area (Å²) in [6.45, 7) is 3.11. The smallest absolute Gasteiger partial charge is 0.243 e. The van der Waals surface area contributed by atoms with E-state index in [9.17, 15) is 0 Å². The molecular formula is C11H23N7. The highest BCUT2D eigenvalue weighted by molar-refractivity contribution is 5.43. The maximum absolute atomic E-state index is 5.37. The Bertz CT molecular complexity index is 366. The average molecular weight is 253 g/mol. The number of hydrogen-bond donors (Lipinski definition) is 2. The van der Waals surface area contributed by atoms with Gasteiger partial charge >= 0.3 is 0 Å².